The van der Waals surface area contributed by atoms with Gasteiger partial charge in [-0.05, 0) is 49.3 Å². The number of Topliss-reactive ketones (excluding diaryl/α,β-unsaturated/α-hetero) is 1. The van der Waals surface area contributed by atoms with E-state index < -0.39 is 5.97 Å². The Balaban J connectivity index is 1.43. The standard InChI is InChI=1S/C31H37N5O4/c1-31(2,3)23-13-22(14-25(35-11-10-19(15-32)16-35)29(23)40-12-4-5-27(38)39)26(37)18-36-17-21-8-9-24(20-6-7-20)34-28(21)30(36)33/h8-9,13-14,19-20,33H,4-7,10-12,16-18H2,1-3H3,(H,38,39). The summed E-state index contributed by atoms with van der Waals surface area (Å²) in [5.74, 6) is 0.363. The van der Waals surface area contributed by atoms with Gasteiger partial charge in [-0.2, -0.15) is 5.26 Å². The van der Waals surface area contributed by atoms with Gasteiger partial charge in [-0.25, -0.2) is 4.98 Å². The summed E-state index contributed by atoms with van der Waals surface area (Å²) in [6.07, 6.45) is 3.40. The van der Waals surface area contributed by atoms with Crippen LogP contribution in [-0.2, 0) is 16.8 Å². The van der Waals surface area contributed by atoms with Gasteiger partial charge in [0.2, 0.25) is 0 Å². The molecule has 1 atom stereocenters. The molecule has 1 saturated carbocycles. The Bertz CT molecular complexity index is 1390. The lowest BCUT2D eigenvalue weighted by atomic mass is 9.84. The Morgan fingerprint density at radius 2 is 2.00 bits per heavy atom. The van der Waals surface area contributed by atoms with Gasteiger partial charge in [-0.15, -0.1) is 0 Å². The maximum absolute atomic E-state index is 13.8. The van der Waals surface area contributed by atoms with Crippen molar-refractivity contribution >= 4 is 23.3 Å². The fourth-order valence-electron chi connectivity index (χ4n) is 5.48. The number of fused-ring (bicyclic) bond motifs is 1. The first-order chi connectivity index (χ1) is 19.0. The number of ether oxygens (including phenoxy) is 1. The van der Waals surface area contributed by atoms with Crippen LogP contribution in [0.5, 0.6) is 5.75 Å². The molecular formula is C31H37N5O4. The summed E-state index contributed by atoms with van der Waals surface area (Å²) in [5.41, 5.74) is 4.49. The number of aliphatic carboxylic acids is 1. The fraction of sp³-hybridized carbons (Fsp3) is 0.516. The van der Waals surface area contributed by atoms with E-state index in [2.05, 4.69) is 37.8 Å². The molecule has 9 nitrogen and oxygen atoms in total. The summed E-state index contributed by atoms with van der Waals surface area (Å²) >= 11 is 0. The van der Waals surface area contributed by atoms with E-state index in [9.17, 15) is 14.9 Å². The summed E-state index contributed by atoms with van der Waals surface area (Å²) in [7, 11) is 0. The van der Waals surface area contributed by atoms with Crippen LogP contribution in [0, 0.1) is 22.7 Å². The van der Waals surface area contributed by atoms with E-state index in [1.807, 2.05) is 18.2 Å². The van der Waals surface area contributed by atoms with E-state index in [1.54, 1.807) is 4.90 Å². The molecule has 2 aromatic rings. The zero-order valence-electron chi connectivity index (χ0n) is 23.5. The second-order valence-electron chi connectivity index (χ2n) is 12.2. The molecular weight excluding hydrogens is 506 g/mol. The topological polar surface area (TPSA) is 131 Å². The summed E-state index contributed by atoms with van der Waals surface area (Å²) in [6.45, 7) is 8.18. The maximum atomic E-state index is 13.8. The molecule has 1 aliphatic carbocycles. The Kier molecular flexibility index (Phi) is 7.54. The number of hydrogen-bond acceptors (Lipinski definition) is 7. The van der Waals surface area contributed by atoms with Gasteiger partial charge in [0, 0.05) is 54.4 Å². The zero-order chi connectivity index (χ0) is 28.6. The van der Waals surface area contributed by atoms with Gasteiger partial charge in [-0.1, -0.05) is 26.8 Å². The van der Waals surface area contributed by atoms with Gasteiger partial charge in [-0.3, -0.25) is 15.0 Å². The van der Waals surface area contributed by atoms with Crippen LogP contribution in [0.1, 0.15) is 91.7 Å². The van der Waals surface area contributed by atoms with Crippen molar-refractivity contribution in [3.63, 3.8) is 0 Å². The molecule has 9 heteroatoms. The molecule has 40 heavy (non-hydrogen) atoms. The van der Waals surface area contributed by atoms with Gasteiger partial charge in [0.1, 0.15) is 17.3 Å². The monoisotopic (exact) mass is 543 g/mol. The highest BCUT2D eigenvalue weighted by molar-refractivity contribution is 6.05. The lowest BCUT2D eigenvalue weighted by molar-refractivity contribution is -0.137. The van der Waals surface area contributed by atoms with Gasteiger partial charge in [0.25, 0.3) is 0 Å². The highest BCUT2D eigenvalue weighted by Gasteiger charge is 2.33. The van der Waals surface area contributed by atoms with Crippen molar-refractivity contribution in [2.45, 2.75) is 70.8 Å². The van der Waals surface area contributed by atoms with E-state index in [4.69, 9.17) is 20.2 Å². The molecule has 3 heterocycles. The Hall–Kier alpha value is -3.93. The number of aromatic nitrogens is 1. The quantitative estimate of drug-likeness (QED) is 0.320. The molecule has 3 aliphatic rings. The molecule has 1 saturated heterocycles. The third-order valence-corrected chi connectivity index (χ3v) is 7.92. The minimum absolute atomic E-state index is 0.0121. The van der Waals surface area contributed by atoms with Gasteiger partial charge < -0.3 is 19.6 Å². The van der Waals surface area contributed by atoms with Gasteiger partial charge in [0.05, 0.1) is 30.8 Å². The van der Waals surface area contributed by atoms with Crippen LogP contribution in [-0.4, -0.2) is 58.8 Å². The number of amidine groups is 1. The SMILES string of the molecule is CC(C)(C)c1cc(C(=O)CN2Cc3ccc(C4CC4)nc3C2=N)cc(N2CCC(C#N)C2)c1OCCCC(=O)O. The predicted octanol–water partition coefficient (Wildman–Crippen LogP) is 4.87. The Morgan fingerprint density at radius 1 is 1.23 bits per heavy atom. The zero-order valence-corrected chi connectivity index (χ0v) is 23.5. The van der Waals surface area contributed by atoms with Crippen LogP contribution in [0.2, 0.25) is 0 Å². The van der Waals surface area contributed by atoms with Crippen LogP contribution < -0.4 is 9.64 Å². The molecule has 0 radical (unpaired) electrons. The Labute approximate surface area is 235 Å². The van der Waals surface area contributed by atoms with Crippen molar-refractivity contribution in [2.24, 2.45) is 5.92 Å². The summed E-state index contributed by atoms with van der Waals surface area (Å²) in [6, 6.07) is 10.2. The number of carboxylic acid groups (broad SMARTS) is 1. The summed E-state index contributed by atoms with van der Waals surface area (Å²) in [4.78, 5) is 33.4. The van der Waals surface area contributed by atoms with Crippen LogP contribution in [0.15, 0.2) is 24.3 Å². The fourth-order valence-corrected chi connectivity index (χ4v) is 5.48. The van der Waals surface area contributed by atoms with E-state index >= 15 is 0 Å². The first-order valence-corrected chi connectivity index (χ1v) is 14.1. The van der Waals surface area contributed by atoms with Crippen LogP contribution in [0.3, 0.4) is 0 Å². The van der Waals surface area contributed by atoms with Crippen LogP contribution in [0.25, 0.3) is 0 Å². The van der Waals surface area contributed by atoms with Crippen LogP contribution >= 0.6 is 0 Å². The molecule has 1 aromatic heterocycles. The average Bonchev–Trinajstić information content (AvgIpc) is 3.57. The number of benzene rings is 1. The van der Waals surface area contributed by atoms with Gasteiger partial charge >= 0.3 is 5.97 Å². The third-order valence-electron chi connectivity index (χ3n) is 7.92. The molecule has 0 bridgehead atoms. The van der Waals surface area contributed by atoms with E-state index in [0.29, 0.717) is 49.0 Å². The van der Waals surface area contributed by atoms with Gasteiger partial charge in [0.15, 0.2) is 5.78 Å². The molecule has 210 valence electrons. The molecule has 2 fully saturated rings. The number of rotatable bonds is 10. The molecule has 2 aliphatic heterocycles. The smallest absolute Gasteiger partial charge is 0.303 e. The first kappa shape index (κ1) is 27.6. The number of ketones is 1. The third kappa shape index (κ3) is 5.81. The second kappa shape index (κ2) is 10.9. The number of nitriles is 1. The van der Waals surface area contributed by atoms with Crippen molar-refractivity contribution in [2.75, 3.05) is 31.1 Å². The highest BCUT2D eigenvalue weighted by Crippen LogP contribution is 2.43. The van der Waals surface area contributed by atoms with Crippen LogP contribution in [0.4, 0.5) is 5.69 Å². The summed E-state index contributed by atoms with van der Waals surface area (Å²) < 4.78 is 6.24. The minimum atomic E-state index is -0.870. The number of anilines is 1. The average molecular weight is 544 g/mol. The largest absolute Gasteiger partial charge is 0.491 e. The number of carbonyl (C=O) groups is 2. The minimum Gasteiger partial charge on any atom is -0.491 e. The number of carboxylic acids is 1. The maximum Gasteiger partial charge on any atom is 0.303 e. The molecule has 2 N–H and O–H groups in total. The van der Waals surface area contributed by atoms with Crippen molar-refractivity contribution in [1.29, 1.82) is 10.7 Å². The molecule has 5 rings (SSSR count). The van der Waals surface area contributed by atoms with Crippen molar-refractivity contribution < 1.29 is 19.4 Å². The summed E-state index contributed by atoms with van der Waals surface area (Å²) in [5, 5.41) is 27.3. The number of nitrogens with one attached hydrogen (secondary N) is 1. The van der Waals surface area contributed by atoms with E-state index in [1.165, 1.54) is 0 Å². The predicted molar refractivity (Wildman–Crippen MR) is 151 cm³/mol. The molecule has 0 spiro atoms. The molecule has 1 unspecified atom stereocenters. The number of hydrogen-bond donors (Lipinski definition) is 2. The number of carbonyl (C=O) groups excluding carboxylic acids is 1. The second-order valence-corrected chi connectivity index (χ2v) is 12.2. The van der Waals surface area contributed by atoms with Crippen molar-refractivity contribution in [1.82, 2.24) is 9.88 Å². The lowest BCUT2D eigenvalue weighted by Gasteiger charge is -2.30. The van der Waals surface area contributed by atoms with Crippen molar-refractivity contribution in [3.05, 3.63) is 52.3 Å². The lowest BCUT2D eigenvalue weighted by Crippen LogP contribution is -2.31. The molecule has 1 aromatic carbocycles. The van der Waals surface area contributed by atoms with E-state index in [0.717, 1.165) is 41.8 Å². The first-order valence-electron chi connectivity index (χ1n) is 14.1. The van der Waals surface area contributed by atoms with E-state index in [-0.39, 0.29) is 42.5 Å². The number of pyridine rings is 1. The normalized spacial score (nSPS) is 18.6. The molecule has 0 amide bonds. The Morgan fingerprint density at radius 3 is 2.65 bits per heavy atom. The van der Waals surface area contributed by atoms with Crippen molar-refractivity contribution in [3.8, 4) is 11.8 Å². The highest BCUT2D eigenvalue weighted by atomic mass is 16.5. The number of nitrogens with zero attached hydrogens (tertiary/aromatic N) is 4.